The van der Waals surface area contributed by atoms with Crippen molar-refractivity contribution in [3.63, 3.8) is 0 Å². The molecular weight excluding hydrogens is 166 g/mol. The lowest BCUT2D eigenvalue weighted by atomic mass is 10.0. The van der Waals surface area contributed by atoms with Gasteiger partial charge >= 0.3 is 0 Å². The zero-order valence-corrected chi connectivity index (χ0v) is 8.08. The monoisotopic (exact) mass is 183 g/mol. The van der Waals surface area contributed by atoms with E-state index in [4.69, 9.17) is 4.74 Å². The lowest BCUT2D eigenvalue weighted by Crippen LogP contribution is -2.38. The highest BCUT2D eigenvalue weighted by Gasteiger charge is 2.31. The molecule has 1 aliphatic carbocycles. The minimum Gasteiger partial charge on any atom is -0.368 e. The van der Waals surface area contributed by atoms with Crippen molar-refractivity contribution in [3.8, 4) is 0 Å². The Morgan fingerprint density at radius 2 is 2.23 bits per heavy atom. The van der Waals surface area contributed by atoms with Gasteiger partial charge in [-0.15, -0.1) is 0 Å². The SMILES string of the molecule is CC1CCOC1C(=O)NCC1CC1. The third-order valence-corrected chi connectivity index (χ3v) is 2.91. The fourth-order valence-corrected chi connectivity index (χ4v) is 1.70. The highest BCUT2D eigenvalue weighted by Crippen LogP contribution is 2.28. The number of amides is 1. The minimum atomic E-state index is -0.182. The maximum Gasteiger partial charge on any atom is 0.249 e. The van der Waals surface area contributed by atoms with Crippen molar-refractivity contribution >= 4 is 5.91 Å². The van der Waals surface area contributed by atoms with Gasteiger partial charge in [0.05, 0.1) is 0 Å². The van der Waals surface area contributed by atoms with Crippen molar-refractivity contribution in [1.82, 2.24) is 5.32 Å². The summed E-state index contributed by atoms with van der Waals surface area (Å²) in [7, 11) is 0. The van der Waals surface area contributed by atoms with Crippen LogP contribution in [0.25, 0.3) is 0 Å². The van der Waals surface area contributed by atoms with Gasteiger partial charge in [-0.05, 0) is 31.1 Å². The summed E-state index contributed by atoms with van der Waals surface area (Å²) in [6.07, 6.45) is 3.39. The van der Waals surface area contributed by atoms with Crippen LogP contribution in [-0.4, -0.2) is 25.2 Å². The third kappa shape index (κ3) is 2.21. The van der Waals surface area contributed by atoms with Gasteiger partial charge in [0.25, 0.3) is 0 Å². The lowest BCUT2D eigenvalue weighted by molar-refractivity contribution is -0.131. The highest BCUT2D eigenvalue weighted by atomic mass is 16.5. The van der Waals surface area contributed by atoms with Crippen LogP contribution in [0.3, 0.4) is 0 Å². The van der Waals surface area contributed by atoms with E-state index in [1.807, 2.05) is 0 Å². The largest absolute Gasteiger partial charge is 0.368 e. The van der Waals surface area contributed by atoms with Gasteiger partial charge < -0.3 is 10.1 Å². The second kappa shape index (κ2) is 3.66. The summed E-state index contributed by atoms with van der Waals surface area (Å²) < 4.78 is 5.37. The van der Waals surface area contributed by atoms with Crippen LogP contribution in [-0.2, 0) is 9.53 Å². The van der Waals surface area contributed by atoms with Crippen molar-refractivity contribution in [2.75, 3.05) is 13.2 Å². The van der Waals surface area contributed by atoms with E-state index >= 15 is 0 Å². The molecule has 0 aromatic carbocycles. The minimum absolute atomic E-state index is 0.0944. The number of hydrogen-bond donors (Lipinski definition) is 1. The number of ether oxygens (including phenoxy) is 1. The van der Waals surface area contributed by atoms with Gasteiger partial charge in [0.15, 0.2) is 0 Å². The second-order valence-electron chi connectivity index (χ2n) is 4.25. The van der Waals surface area contributed by atoms with Crippen molar-refractivity contribution in [2.45, 2.75) is 32.3 Å². The van der Waals surface area contributed by atoms with E-state index in [2.05, 4.69) is 12.2 Å². The summed E-state index contributed by atoms with van der Waals surface area (Å²) in [5, 5.41) is 2.95. The van der Waals surface area contributed by atoms with Crippen molar-refractivity contribution in [3.05, 3.63) is 0 Å². The van der Waals surface area contributed by atoms with Gasteiger partial charge in [0.2, 0.25) is 5.91 Å². The molecule has 2 rings (SSSR count). The first-order valence-corrected chi connectivity index (χ1v) is 5.16. The summed E-state index contributed by atoms with van der Waals surface area (Å²) >= 11 is 0. The summed E-state index contributed by atoms with van der Waals surface area (Å²) in [5.41, 5.74) is 0. The normalized spacial score (nSPS) is 33.3. The van der Waals surface area contributed by atoms with E-state index in [1.54, 1.807) is 0 Å². The molecule has 0 spiro atoms. The molecule has 2 aliphatic rings. The molecule has 2 atom stereocenters. The summed E-state index contributed by atoms with van der Waals surface area (Å²) in [5.74, 6) is 1.23. The quantitative estimate of drug-likeness (QED) is 0.707. The molecule has 0 bridgehead atoms. The van der Waals surface area contributed by atoms with E-state index < -0.39 is 0 Å². The Balaban J connectivity index is 1.74. The van der Waals surface area contributed by atoms with E-state index in [0.717, 1.165) is 25.5 Å². The molecule has 2 unspecified atom stereocenters. The molecule has 1 N–H and O–H groups in total. The Bertz CT molecular complexity index is 201. The van der Waals surface area contributed by atoms with Crippen molar-refractivity contribution in [1.29, 1.82) is 0 Å². The van der Waals surface area contributed by atoms with Gasteiger partial charge in [-0.2, -0.15) is 0 Å². The van der Waals surface area contributed by atoms with Crippen LogP contribution >= 0.6 is 0 Å². The smallest absolute Gasteiger partial charge is 0.249 e. The number of carbonyl (C=O) groups is 1. The lowest BCUT2D eigenvalue weighted by Gasteiger charge is -2.13. The van der Waals surface area contributed by atoms with Crippen LogP contribution < -0.4 is 5.32 Å². The van der Waals surface area contributed by atoms with Gasteiger partial charge in [-0.3, -0.25) is 4.79 Å². The Morgan fingerprint density at radius 1 is 1.46 bits per heavy atom. The number of nitrogens with one attached hydrogen (secondary N) is 1. The predicted octanol–water partition coefficient (Wildman–Crippen LogP) is 0.938. The molecule has 1 saturated carbocycles. The molecule has 1 aliphatic heterocycles. The van der Waals surface area contributed by atoms with Crippen LogP contribution in [0.1, 0.15) is 26.2 Å². The topological polar surface area (TPSA) is 38.3 Å². The highest BCUT2D eigenvalue weighted by molar-refractivity contribution is 5.81. The second-order valence-corrected chi connectivity index (χ2v) is 4.25. The molecule has 13 heavy (non-hydrogen) atoms. The summed E-state index contributed by atoms with van der Waals surface area (Å²) in [6, 6.07) is 0. The average molecular weight is 183 g/mol. The van der Waals surface area contributed by atoms with Gasteiger partial charge in [-0.25, -0.2) is 0 Å². The van der Waals surface area contributed by atoms with Crippen molar-refractivity contribution < 1.29 is 9.53 Å². The number of rotatable bonds is 3. The van der Waals surface area contributed by atoms with Gasteiger partial charge in [0, 0.05) is 13.2 Å². The van der Waals surface area contributed by atoms with Crippen LogP contribution in [0.5, 0.6) is 0 Å². The van der Waals surface area contributed by atoms with E-state index in [1.165, 1.54) is 12.8 Å². The molecule has 74 valence electrons. The first kappa shape index (κ1) is 9.00. The van der Waals surface area contributed by atoms with E-state index in [-0.39, 0.29) is 12.0 Å². The number of carbonyl (C=O) groups excluding carboxylic acids is 1. The Kier molecular flexibility index (Phi) is 2.54. The molecule has 1 heterocycles. The molecule has 0 aromatic heterocycles. The van der Waals surface area contributed by atoms with Gasteiger partial charge in [-0.1, -0.05) is 6.92 Å². The van der Waals surface area contributed by atoms with Crippen LogP contribution in [0.4, 0.5) is 0 Å². The number of hydrogen-bond acceptors (Lipinski definition) is 2. The van der Waals surface area contributed by atoms with E-state index in [0.29, 0.717) is 5.92 Å². The Labute approximate surface area is 78.8 Å². The molecule has 3 nitrogen and oxygen atoms in total. The third-order valence-electron chi connectivity index (χ3n) is 2.91. The maximum absolute atomic E-state index is 11.6. The first-order valence-electron chi connectivity index (χ1n) is 5.16. The molecule has 0 radical (unpaired) electrons. The first-order chi connectivity index (χ1) is 6.27. The molecule has 1 amide bonds. The molecule has 3 heteroatoms. The summed E-state index contributed by atoms with van der Waals surface area (Å²) in [4.78, 5) is 11.6. The van der Waals surface area contributed by atoms with E-state index in [9.17, 15) is 4.79 Å². The summed E-state index contributed by atoms with van der Waals surface area (Å²) in [6.45, 7) is 3.67. The predicted molar refractivity (Wildman–Crippen MR) is 49.3 cm³/mol. The molecule has 0 aromatic rings. The van der Waals surface area contributed by atoms with Crippen LogP contribution in [0.15, 0.2) is 0 Å². The average Bonchev–Trinajstić information content (AvgIpc) is 2.84. The van der Waals surface area contributed by atoms with Crippen molar-refractivity contribution in [2.24, 2.45) is 11.8 Å². The van der Waals surface area contributed by atoms with Crippen LogP contribution in [0.2, 0.25) is 0 Å². The zero-order chi connectivity index (χ0) is 9.26. The Morgan fingerprint density at radius 3 is 2.77 bits per heavy atom. The fraction of sp³-hybridized carbons (Fsp3) is 0.900. The zero-order valence-electron chi connectivity index (χ0n) is 8.08. The standard InChI is InChI=1S/C10H17NO2/c1-7-4-5-13-9(7)10(12)11-6-8-2-3-8/h7-9H,2-6H2,1H3,(H,11,12). The molecule has 1 saturated heterocycles. The molecular formula is C10H17NO2. The fourth-order valence-electron chi connectivity index (χ4n) is 1.70. The molecule has 2 fully saturated rings. The van der Waals surface area contributed by atoms with Gasteiger partial charge in [0.1, 0.15) is 6.10 Å². The van der Waals surface area contributed by atoms with Crippen LogP contribution in [0, 0.1) is 11.8 Å². The Hall–Kier alpha value is -0.570. The maximum atomic E-state index is 11.6.